The number of aromatic nitrogens is 1. The van der Waals surface area contributed by atoms with Gasteiger partial charge in [0.25, 0.3) is 0 Å². The molecule has 0 saturated carbocycles. The van der Waals surface area contributed by atoms with Gasteiger partial charge in [0.1, 0.15) is 5.75 Å². The molecule has 1 aromatic heterocycles. The average molecular weight is 150 g/mol. The van der Waals surface area contributed by atoms with E-state index in [2.05, 4.69) is 4.98 Å². The number of nitrogens with zero attached hydrogens (tertiary/aromatic N) is 1. The Labute approximate surface area is 66.3 Å². The first-order valence-corrected chi connectivity index (χ1v) is 3.30. The van der Waals surface area contributed by atoms with E-state index in [4.69, 9.17) is 9.68 Å². The highest BCUT2D eigenvalue weighted by molar-refractivity contribution is 6.17. The minimum atomic E-state index is 0.620. The summed E-state index contributed by atoms with van der Waals surface area (Å²) < 4.78 is 4.84. The third-order valence-electron chi connectivity index (χ3n) is 1.45. The summed E-state index contributed by atoms with van der Waals surface area (Å²) in [4.78, 5) is 4.00. The van der Waals surface area contributed by atoms with Crippen LogP contribution in [0.4, 0.5) is 0 Å². The van der Waals surface area contributed by atoms with Crippen LogP contribution in [-0.2, 0) is 0 Å². The van der Waals surface area contributed by atoms with Crippen LogP contribution >= 0.6 is 0 Å². The van der Waals surface area contributed by atoms with Crippen molar-refractivity contribution in [3.8, 4) is 5.75 Å². The maximum absolute atomic E-state index is 8.39. The molecule has 1 aromatic rings. The van der Waals surface area contributed by atoms with Crippen LogP contribution in [0.2, 0.25) is 0 Å². The van der Waals surface area contributed by atoms with Crippen LogP contribution in [0.25, 0.3) is 0 Å². The highest BCUT2D eigenvalue weighted by Gasteiger charge is 2.03. The number of hydrogen-bond donors (Lipinski definition) is 1. The van der Waals surface area contributed by atoms with Gasteiger partial charge in [0.05, 0.1) is 5.69 Å². The van der Waals surface area contributed by atoms with E-state index in [1.54, 1.807) is 6.20 Å². The monoisotopic (exact) mass is 150 g/mol. The summed E-state index contributed by atoms with van der Waals surface area (Å²) in [5.41, 5.74) is 1.73. The van der Waals surface area contributed by atoms with Gasteiger partial charge in [0.2, 0.25) is 0 Å². The third-order valence-corrected chi connectivity index (χ3v) is 1.45. The molecule has 0 atom stereocenters. The van der Waals surface area contributed by atoms with E-state index in [9.17, 15) is 0 Å². The molecule has 0 spiro atoms. The summed E-state index contributed by atoms with van der Waals surface area (Å²) in [5.74, 6) is 0.620. The zero-order valence-corrected chi connectivity index (χ0v) is 6.53. The van der Waals surface area contributed by atoms with E-state index in [1.165, 1.54) is 0 Å². The SMILES string of the molecule is Cc1ccnc(C)c1O[B]O. The molecule has 1 rings (SSSR count). The first kappa shape index (κ1) is 8.08. The van der Waals surface area contributed by atoms with Crippen LogP contribution in [0.15, 0.2) is 12.3 Å². The quantitative estimate of drug-likeness (QED) is 0.627. The fraction of sp³-hybridized carbons (Fsp3) is 0.286. The number of hydrogen-bond acceptors (Lipinski definition) is 3. The largest absolute Gasteiger partial charge is 0.569 e. The van der Waals surface area contributed by atoms with Gasteiger partial charge in [-0.25, -0.2) is 0 Å². The molecule has 1 heterocycles. The Hall–Kier alpha value is -1.03. The number of rotatable bonds is 2. The van der Waals surface area contributed by atoms with Crippen LogP contribution in [-0.4, -0.2) is 17.7 Å². The van der Waals surface area contributed by atoms with Crippen LogP contribution in [0.3, 0.4) is 0 Å². The van der Waals surface area contributed by atoms with Crippen molar-refractivity contribution in [1.82, 2.24) is 4.98 Å². The molecule has 0 unspecified atom stereocenters. The fourth-order valence-electron chi connectivity index (χ4n) is 0.911. The molecular formula is C7H9BNO2. The van der Waals surface area contributed by atoms with E-state index in [-0.39, 0.29) is 0 Å². The number of aryl methyl sites for hydroxylation is 2. The first-order chi connectivity index (χ1) is 5.25. The second-order valence-corrected chi connectivity index (χ2v) is 2.27. The minimum absolute atomic E-state index is 0.620. The third kappa shape index (κ3) is 1.71. The Morgan fingerprint density at radius 1 is 1.55 bits per heavy atom. The minimum Gasteiger partial charge on any atom is -0.536 e. The molecule has 0 saturated heterocycles. The fourth-order valence-corrected chi connectivity index (χ4v) is 0.911. The topological polar surface area (TPSA) is 42.4 Å². The van der Waals surface area contributed by atoms with Crippen molar-refractivity contribution >= 4 is 7.69 Å². The lowest BCUT2D eigenvalue weighted by Crippen LogP contribution is -2.03. The zero-order valence-electron chi connectivity index (χ0n) is 6.53. The molecule has 3 nitrogen and oxygen atoms in total. The van der Waals surface area contributed by atoms with Gasteiger partial charge in [-0.05, 0) is 25.5 Å². The second kappa shape index (κ2) is 3.39. The van der Waals surface area contributed by atoms with Crippen LogP contribution in [0.5, 0.6) is 5.75 Å². The summed E-state index contributed by atoms with van der Waals surface area (Å²) in [6.45, 7) is 3.72. The molecule has 1 radical (unpaired) electrons. The van der Waals surface area contributed by atoms with Crippen molar-refractivity contribution in [1.29, 1.82) is 0 Å². The average Bonchev–Trinajstić information content (AvgIpc) is 1.97. The molecule has 0 bridgehead atoms. The van der Waals surface area contributed by atoms with Gasteiger partial charge >= 0.3 is 7.69 Å². The summed E-state index contributed by atoms with van der Waals surface area (Å²) in [5, 5.41) is 8.39. The van der Waals surface area contributed by atoms with Gasteiger partial charge < -0.3 is 9.68 Å². The Morgan fingerprint density at radius 2 is 2.27 bits per heavy atom. The maximum atomic E-state index is 8.39. The lowest BCUT2D eigenvalue weighted by atomic mass is 10.2. The molecule has 0 aliphatic rings. The molecule has 4 heteroatoms. The van der Waals surface area contributed by atoms with Gasteiger partial charge in [0, 0.05) is 6.20 Å². The molecule has 11 heavy (non-hydrogen) atoms. The lowest BCUT2D eigenvalue weighted by molar-refractivity contribution is 0.448. The van der Waals surface area contributed by atoms with Crippen LogP contribution in [0.1, 0.15) is 11.3 Å². The summed E-state index contributed by atoms with van der Waals surface area (Å²) in [6, 6.07) is 1.83. The lowest BCUT2D eigenvalue weighted by Gasteiger charge is -2.06. The van der Waals surface area contributed by atoms with Gasteiger partial charge in [0.15, 0.2) is 0 Å². The van der Waals surface area contributed by atoms with Crippen molar-refractivity contribution < 1.29 is 9.68 Å². The summed E-state index contributed by atoms with van der Waals surface area (Å²) in [6.07, 6.45) is 1.70. The Bertz CT molecular complexity index is 232. The molecule has 0 aromatic carbocycles. The zero-order chi connectivity index (χ0) is 8.27. The van der Waals surface area contributed by atoms with E-state index in [1.807, 2.05) is 19.9 Å². The number of pyridine rings is 1. The van der Waals surface area contributed by atoms with Crippen molar-refractivity contribution in [2.75, 3.05) is 0 Å². The van der Waals surface area contributed by atoms with E-state index in [0.29, 0.717) is 13.4 Å². The molecule has 0 aliphatic carbocycles. The highest BCUT2D eigenvalue weighted by Crippen LogP contribution is 2.18. The van der Waals surface area contributed by atoms with E-state index >= 15 is 0 Å². The predicted octanol–water partition coefficient (Wildman–Crippen LogP) is 0.604. The van der Waals surface area contributed by atoms with E-state index in [0.717, 1.165) is 11.3 Å². The Morgan fingerprint density at radius 3 is 2.82 bits per heavy atom. The highest BCUT2D eigenvalue weighted by atomic mass is 16.5. The predicted molar refractivity (Wildman–Crippen MR) is 42.3 cm³/mol. The van der Waals surface area contributed by atoms with Gasteiger partial charge in [-0.15, -0.1) is 0 Å². The Kier molecular flexibility index (Phi) is 2.49. The maximum Gasteiger partial charge on any atom is 0.569 e. The van der Waals surface area contributed by atoms with Crippen molar-refractivity contribution in [2.45, 2.75) is 13.8 Å². The molecule has 0 amide bonds. The second-order valence-electron chi connectivity index (χ2n) is 2.27. The van der Waals surface area contributed by atoms with Gasteiger partial charge in [-0.1, -0.05) is 0 Å². The summed E-state index contributed by atoms with van der Waals surface area (Å²) in [7, 11) is 0.664. The van der Waals surface area contributed by atoms with Crippen molar-refractivity contribution in [3.63, 3.8) is 0 Å². The Balaban J connectivity index is 3.00. The summed E-state index contributed by atoms with van der Waals surface area (Å²) >= 11 is 0. The van der Waals surface area contributed by atoms with Crippen molar-refractivity contribution in [2.24, 2.45) is 0 Å². The first-order valence-electron chi connectivity index (χ1n) is 3.30. The van der Waals surface area contributed by atoms with Gasteiger partial charge in [-0.2, -0.15) is 0 Å². The molecule has 1 N–H and O–H groups in total. The normalized spacial score (nSPS) is 9.36. The van der Waals surface area contributed by atoms with Crippen LogP contribution in [0, 0.1) is 13.8 Å². The standard InChI is InChI=1S/C7H9BNO2/c1-5-3-4-9-6(2)7(5)11-8-10/h3-4,10H,1-2H3. The van der Waals surface area contributed by atoms with E-state index < -0.39 is 0 Å². The van der Waals surface area contributed by atoms with Crippen LogP contribution < -0.4 is 4.65 Å². The molecule has 0 fully saturated rings. The van der Waals surface area contributed by atoms with Crippen molar-refractivity contribution in [3.05, 3.63) is 23.5 Å². The molecule has 0 aliphatic heterocycles. The molecular weight excluding hydrogens is 141 g/mol. The molecule has 57 valence electrons. The smallest absolute Gasteiger partial charge is 0.536 e. The van der Waals surface area contributed by atoms with Gasteiger partial charge in [-0.3, -0.25) is 4.98 Å².